The van der Waals surface area contributed by atoms with E-state index in [1.165, 1.54) is 5.56 Å². The summed E-state index contributed by atoms with van der Waals surface area (Å²) in [5, 5.41) is 10.5. The molecule has 0 bridgehead atoms. The standard InChI is InChI=1S/C17H21N5S/c1-13(2)16-19-20-17(23-16)21(3)12-15-18-9-10-22(15)11-14-7-5-4-6-8-14/h4-10,13H,11-12H2,1-3H3. The van der Waals surface area contributed by atoms with Crippen LogP contribution in [0.3, 0.4) is 0 Å². The van der Waals surface area contributed by atoms with Gasteiger partial charge in [0.25, 0.3) is 0 Å². The highest BCUT2D eigenvalue weighted by atomic mass is 32.1. The summed E-state index contributed by atoms with van der Waals surface area (Å²) < 4.78 is 2.18. The Labute approximate surface area is 140 Å². The van der Waals surface area contributed by atoms with Crippen LogP contribution < -0.4 is 4.90 Å². The summed E-state index contributed by atoms with van der Waals surface area (Å²) in [4.78, 5) is 6.60. The minimum Gasteiger partial charge on any atom is -0.342 e. The lowest BCUT2D eigenvalue weighted by molar-refractivity contribution is 0.704. The predicted molar refractivity (Wildman–Crippen MR) is 93.9 cm³/mol. The van der Waals surface area contributed by atoms with Crippen molar-refractivity contribution in [3.8, 4) is 0 Å². The molecule has 6 heteroatoms. The fourth-order valence-electron chi connectivity index (χ4n) is 2.31. The van der Waals surface area contributed by atoms with Crippen LogP contribution in [-0.4, -0.2) is 26.8 Å². The zero-order chi connectivity index (χ0) is 16.2. The van der Waals surface area contributed by atoms with Gasteiger partial charge in [0.1, 0.15) is 10.8 Å². The van der Waals surface area contributed by atoms with Crippen LogP contribution >= 0.6 is 11.3 Å². The monoisotopic (exact) mass is 327 g/mol. The number of aromatic nitrogens is 4. The van der Waals surface area contributed by atoms with E-state index in [1.807, 2.05) is 25.5 Å². The van der Waals surface area contributed by atoms with Crippen molar-refractivity contribution in [3.63, 3.8) is 0 Å². The van der Waals surface area contributed by atoms with Gasteiger partial charge in [-0.2, -0.15) is 0 Å². The Morgan fingerprint density at radius 1 is 1.17 bits per heavy atom. The number of nitrogens with zero attached hydrogens (tertiary/aromatic N) is 5. The van der Waals surface area contributed by atoms with Crippen LogP contribution in [0.1, 0.15) is 36.2 Å². The highest BCUT2D eigenvalue weighted by molar-refractivity contribution is 7.15. The van der Waals surface area contributed by atoms with Gasteiger partial charge in [0.05, 0.1) is 6.54 Å². The first-order valence-electron chi connectivity index (χ1n) is 7.72. The molecule has 3 aromatic rings. The molecule has 3 rings (SSSR count). The summed E-state index contributed by atoms with van der Waals surface area (Å²) in [6, 6.07) is 10.4. The van der Waals surface area contributed by atoms with E-state index in [1.54, 1.807) is 11.3 Å². The number of benzene rings is 1. The SMILES string of the molecule is CC(C)c1nnc(N(C)Cc2nccn2Cc2ccccc2)s1. The quantitative estimate of drug-likeness (QED) is 0.695. The van der Waals surface area contributed by atoms with E-state index < -0.39 is 0 Å². The molecule has 0 aliphatic carbocycles. The predicted octanol–water partition coefficient (Wildman–Crippen LogP) is 3.54. The highest BCUT2D eigenvalue weighted by Crippen LogP contribution is 2.25. The molecular weight excluding hydrogens is 306 g/mol. The fourth-order valence-corrected chi connectivity index (χ4v) is 3.12. The molecule has 120 valence electrons. The molecule has 0 aliphatic rings. The Morgan fingerprint density at radius 2 is 1.96 bits per heavy atom. The summed E-state index contributed by atoms with van der Waals surface area (Å²) in [6.07, 6.45) is 3.88. The lowest BCUT2D eigenvalue weighted by Crippen LogP contribution is -2.19. The minimum atomic E-state index is 0.412. The van der Waals surface area contributed by atoms with Gasteiger partial charge in [-0.05, 0) is 5.56 Å². The minimum absolute atomic E-state index is 0.412. The van der Waals surface area contributed by atoms with Crippen molar-refractivity contribution in [1.29, 1.82) is 0 Å². The first kappa shape index (κ1) is 15.7. The first-order valence-corrected chi connectivity index (χ1v) is 8.53. The Kier molecular flexibility index (Phi) is 4.71. The Morgan fingerprint density at radius 3 is 2.65 bits per heavy atom. The zero-order valence-corrected chi connectivity index (χ0v) is 14.5. The Hall–Kier alpha value is -2.21. The molecule has 1 aromatic carbocycles. The van der Waals surface area contributed by atoms with E-state index in [-0.39, 0.29) is 0 Å². The average molecular weight is 327 g/mol. The third kappa shape index (κ3) is 3.76. The topological polar surface area (TPSA) is 46.8 Å². The van der Waals surface area contributed by atoms with Crippen LogP contribution in [0.2, 0.25) is 0 Å². The molecule has 0 radical (unpaired) electrons. The summed E-state index contributed by atoms with van der Waals surface area (Å²) in [7, 11) is 2.03. The number of rotatable bonds is 6. The maximum atomic E-state index is 4.50. The van der Waals surface area contributed by atoms with Crippen molar-refractivity contribution in [3.05, 3.63) is 59.1 Å². The van der Waals surface area contributed by atoms with Crippen molar-refractivity contribution in [2.45, 2.75) is 32.9 Å². The maximum absolute atomic E-state index is 4.50. The van der Waals surface area contributed by atoms with Gasteiger partial charge >= 0.3 is 0 Å². The van der Waals surface area contributed by atoms with Gasteiger partial charge in [-0.15, -0.1) is 10.2 Å². The molecule has 0 aliphatic heterocycles. The largest absolute Gasteiger partial charge is 0.342 e. The normalized spacial score (nSPS) is 11.1. The van der Waals surface area contributed by atoms with E-state index in [2.05, 4.69) is 62.8 Å². The van der Waals surface area contributed by atoms with Crippen molar-refractivity contribution in [2.75, 3.05) is 11.9 Å². The van der Waals surface area contributed by atoms with E-state index in [0.717, 1.165) is 22.5 Å². The summed E-state index contributed by atoms with van der Waals surface area (Å²) in [5.74, 6) is 1.44. The molecule has 0 saturated carbocycles. The van der Waals surface area contributed by atoms with Gasteiger partial charge in [0.2, 0.25) is 5.13 Å². The number of hydrogen-bond acceptors (Lipinski definition) is 5. The second-order valence-electron chi connectivity index (χ2n) is 5.89. The average Bonchev–Trinajstić information content (AvgIpc) is 3.18. The molecule has 0 fully saturated rings. The highest BCUT2D eigenvalue weighted by Gasteiger charge is 2.13. The van der Waals surface area contributed by atoms with Gasteiger partial charge in [-0.1, -0.05) is 55.5 Å². The number of anilines is 1. The maximum Gasteiger partial charge on any atom is 0.208 e. The van der Waals surface area contributed by atoms with Crippen LogP contribution in [0.5, 0.6) is 0 Å². The van der Waals surface area contributed by atoms with Crippen molar-refractivity contribution in [1.82, 2.24) is 19.7 Å². The fraction of sp³-hybridized carbons (Fsp3) is 0.353. The molecule has 5 nitrogen and oxygen atoms in total. The van der Waals surface area contributed by atoms with Crippen LogP contribution in [0.4, 0.5) is 5.13 Å². The molecule has 2 aromatic heterocycles. The van der Waals surface area contributed by atoms with Gasteiger partial charge in [-0.3, -0.25) is 0 Å². The third-order valence-electron chi connectivity index (χ3n) is 3.63. The third-order valence-corrected chi connectivity index (χ3v) is 4.96. The first-order chi connectivity index (χ1) is 11.1. The summed E-state index contributed by atoms with van der Waals surface area (Å²) in [5.41, 5.74) is 1.27. The van der Waals surface area contributed by atoms with E-state index in [4.69, 9.17) is 0 Å². The van der Waals surface area contributed by atoms with Crippen molar-refractivity contribution in [2.24, 2.45) is 0 Å². The Bertz CT molecular complexity index is 747. The molecule has 0 spiro atoms. The molecule has 0 amide bonds. The zero-order valence-electron chi connectivity index (χ0n) is 13.7. The molecule has 23 heavy (non-hydrogen) atoms. The van der Waals surface area contributed by atoms with Crippen molar-refractivity contribution >= 4 is 16.5 Å². The molecular formula is C17H21N5S. The van der Waals surface area contributed by atoms with Crippen LogP contribution in [0.15, 0.2) is 42.7 Å². The number of hydrogen-bond donors (Lipinski definition) is 0. The summed E-state index contributed by atoms with van der Waals surface area (Å²) >= 11 is 1.65. The smallest absolute Gasteiger partial charge is 0.208 e. The molecule has 0 atom stereocenters. The van der Waals surface area contributed by atoms with Gasteiger partial charge < -0.3 is 9.47 Å². The lowest BCUT2D eigenvalue weighted by atomic mass is 10.2. The molecule has 2 heterocycles. The molecule has 0 unspecified atom stereocenters. The molecule has 0 saturated heterocycles. The van der Waals surface area contributed by atoms with Gasteiger partial charge in [0.15, 0.2) is 0 Å². The second kappa shape index (κ2) is 6.91. The lowest BCUT2D eigenvalue weighted by Gasteiger charge is -2.16. The van der Waals surface area contributed by atoms with Crippen LogP contribution in [0, 0.1) is 0 Å². The number of imidazole rings is 1. The van der Waals surface area contributed by atoms with E-state index in [9.17, 15) is 0 Å². The van der Waals surface area contributed by atoms with E-state index in [0.29, 0.717) is 12.5 Å². The second-order valence-corrected chi connectivity index (χ2v) is 6.88. The summed E-state index contributed by atoms with van der Waals surface area (Å²) in [6.45, 7) is 5.82. The molecule has 0 N–H and O–H groups in total. The van der Waals surface area contributed by atoms with Crippen LogP contribution in [0.25, 0.3) is 0 Å². The van der Waals surface area contributed by atoms with Gasteiger partial charge in [0, 0.05) is 31.9 Å². The van der Waals surface area contributed by atoms with Crippen LogP contribution in [-0.2, 0) is 13.1 Å². The van der Waals surface area contributed by atoms with Crippen molar-refractivity contribution < 1.29 is 0 Å². The Balaban J connectivity index is 1.71. The van der Waals surface area contributed by atoms with E-state index >= 15 is 0 Å². The van der Waals surface area contributed by atoms with Gasteiger partial charge in [-0.25, -0.2) is 4.98 Å².